The van der Waals surface area contributed by atoms with Crippen LogP contribution in [-0.4, -0.2) is 15.0 Å². The second-order valence-electron chi connectivity index (χ2n) is 7.36. The van der Waals surface area contributed by atoms with Crippen LogP contribution in [-0.2, 0) is 10.0 Å². The van der Waals surface area contributed by atoms with Gasteiger partial charge in [-0.3, -0.25) is 0 Å². The van der Waals surface area contributed by atoms with Gasteiger partial charge >= 0.3 is 0 Å². The van der Waals surface area contributed by atoms with Gasteiger partial charge in [-0.25, -0.2) is 13.6 Å². The fourth-order valence-electron chi connectivity index (χ4n) is 3.66. The summed E-state index contributed by atoms with van der Waals surface area (Å²) in [5.74, 6) is 0.847. The van der Waals surface area contributed by atoms with Gasteiger partial charge in [0.1, 0.15) is 0 Å². The summed E-state index contributed by atoms with van der Waals surface area (Å²) in [6.45, 7) is 7.38. The van der Waals surface area contributed by atoms with Crippen LogP contribution in [0.25, 0.3) is 0 Å². The molecule has 1 aliphatic carbocycles. The van der Waals surface area contributed by atoms with Crippen molar-refractivity contribution in [2.75, 3.05) is 11.9 Å². The molecule has 2 atom stereocenters. The molecule has 4 nitrogen and oxygen atoms in total. The SMILES string of the molecule is Cc1ccc(Cl)cc1NC[C@@H]1[C@@H](c2ccc(S(N)(=O)=O)cc2)C1(C)C. The summed E-state index contributed by atoms with van der Waals surface area (Å²) in [4.78, 5) is 0.152. The lowest BCUT2D eigenvalue weighted by atomic mass is 10.0. The monoisotopic (exact) mass is 378 g/mol. The Morgan fingerprint density at radius 1 is 1.16 bits per heavy atom. The predicted molar refractivity (Wildman–Crippen MR) is 103 cm³/mol. The first-order valence-corrected chi connectivity index (χ1v) is 10.2. The molecule has 0 spiro atoms. The number of halogens is 1. The van der Waals surface area contributed by atoms with Gasteiger partial charge in [0, 0.05) is 17.3 Å². The molecule has 6 heteroatoms. The van der Waals surface area contributed by atoms with Gasteiger partial charge in [0.25, 0.3) is 0 Å². The van der Waals surface area contributed by atoms with Crippen molar-refractivity contribution in [1.82, 2.24) is 0 Å². The minimum Gasteiger partial charge on any atom is -0.384 e. The average molecular weight is 379 g/mol. The molecule has 2 aromatic carbocycles. The third kappa shape index (κ3) is 3.68. The molecule has 0 amide bonds. The second kappa shape index (κ2) is 6.31. The van der Waals surface area contributed by atoms with E-state index < -0.39 is 10.0 Å². The first-order chi connectivity index (χ1) is 11.6. The Balaban J connectivity index is 1.73. The van der Waals surface area contributed by atoms with Crippen molar-refractivity contribution in [1.29, 1.82) is 0 Å². The number of nitrogens with two attached hydrogens (primary N) is 1. The van der Waals surface area contributed by atoms with E-state index in [1.54, 1.807) is 12.1 Å². The Kier molecular flexibility index (Phi) is 4.60. The normalized spacial score (nSPS) is 21.8. The van der Waals surface area contributed by atoms with Gasteiger partial charge in [0.2, 0.25) is 10.0 Å². The minimum atomic E-state index is -3.65. The van der Waals surface area contributed by atoms with Crippen LogP contribution < -0.4 is 10.5 Å². The molecule has 0 unspecified atom stereocenters. The molecule has 1 aliphatic rings. The van der Waals surface area contributed by atoms with Crippen LogP contribution in [0.3, 0.4) is 0 Å². The van der Waals surface area contributed by atoms with Crippen LogP contribution in [0.5, 0.6) is 0 Å². The van der Waals surface area contributed by atoms with Gasteiger partial charge in [-0.15, -0.1) is 0 Å². The van der Waals surface area contributed by atoms with Crippen molar-refractivity contribution in [2.24, 2.45) is 16.5 Å². The van der Waals surface area contributed by atoms with Gasteiger partial charge in [-0.2, -0.15) is 0 Å². The number of nitrogens with one attached hydrogen (secondary N) is 1. The Bertz CT molecular complexity index is 892. The molecule has 134 valence electrons. The fraction of sp³-hybridized carbons (Fsp3) is 0.368. The van der Waals surface area contributed by atoms with E-state index in [4.69, 9.17) is 16.7 Å². The number of hydrogen-bond acceptors (Lipinski definition) is 3. The molecule has 0 saturated heterocycles. The molecule has 0 bridgehead atoms. The summed E-state index contributed by atoms with van der Waals surface area (Å²) in [5, 5.41) is 9.40. The van der Waals surface area contributed by atoms with E-state index in [1.165, 1.54) is 0 Å². The number of anilines is 1. The number of primary sulfonamides is 1. The van der Waals surface area contributed by atoms with Crippen LogP contribution in [0.1, 0.15) is 30.9 Å². The van der Waals surface area contributed by atoms with Crippen LogP contribution >= 0.6 is 11.6 Å². The molecular weight excluding hydrogens is 356 g/mol. The number of benzene rings is 2. The Morgan fingerprint density at radius 3 is 2.40 bits per heavy atom. The highest BCUT2D eigenvalue weighted by molar-refractivity contribution is 7.89. The number of aryl methyl sites for hydroxylation is 1. The zero-order chi connectivity index (χ0) is 18.4. The maximum absolute atomic E-state index is 11.4. The summed E-state index contributed by atoms with van der Waals surface area (Å²) >= 11 is 6.08. The fourth-order valence-corrected chi connectivity index (χ4v) is 4.34. The van der Waals surface area contributed by atoms with Crippen molar-refractivity contribution >= 4 is 27.3 Å². The quantitative estimate of drug-likeness (QED) is 0.820. The molecule has 25 heavy (non-hydrogen) atoms. The zero-order valence-electron chi connectivity index (χ0n) is 14.6. The Hall–Kier alpha value is -1.56. The van der Waals surface area contributed by atoms with Crippen LogP contribution in [0, 0.1) is 18.3 Å². The van der Waals surface area contributed by atoms with Gasteiger partial charge in [0.15, 0.2) is 0 Å². The van der Waals surface area contributed by atoms with Crippen molar-refractivity contribution in [3.63, 3.8) is 0 Å². The molecule has 2 aromatic rings. The minimum absolute atomic E-state index is 0.152. The second-order valence-corrected chi connectivity index (χ2v) is 9.36. The number of sulfonamides is 1. The lowest BCUT2D eigenvalue weighted by molar-refractivity contribution is 0.565. The van der Waals surface area contributed by atoms with E-state index in [0.29, 0.717) is 11.8 Å². The molecule has 3 N–H and O–H groups in total. The third-order valence-corrected chi connectivity index (χ3v) is 6.49. The van der Waals surface area contributed by atoms with Crippen molar-refractivity contribution < 1.29 is 8.42 Å². The summed E-state index contributed by atoms with van der Waals surface area (Å²) in [7, 11) is -3.65. The molecule has 0 aromatic heterocycles. The van der Waals surface area contributed by atoms with E-state index >= 15 is 0 Å². The maximum atomic E-state index is 11.4. The van der Waals surface area contributed by atoms with Gasteiger partial charge < -0.3 is 5.32 Å². The molecule has 0 aliphatic heterocycles. The van der Waals surface area contributed by atoms with Crippen molar-refractivity contribution in [2.45, 2.75) is 31.6 Å². The topological polar surface area (TPSA) is 72.2 Å². The predicted octanol–water partition coefficient (Wildman–Crippen LogP) is 4.15. The maximum Gasteiger partial charge on any atom is 0.238 e. The summed E-state index contributed by atoms with van der Waals surface area (Å²) in [5.41, 5.74) is 3.52. The Labute approximate surface area is 154 Å². The first-order valence-electron chi connectivity index (χ1n) is 8.23. The summed E-state index contributed by atoms with van der Waals surface area (Å²) in [6.07, 6.45) is 0. The molecule has 1 saturated carbocycles. The zero-order valence-corrected chi connectivity index (χ0v) is 16.2. The highest BCUT2D eigenvalue weighted by Gasteiger charge is 2.57. The lowest BCUT2D eigenvalue weighted by Gasteiger charge is -2.10. The van der Waals surface area contributed by atoms with Gasteiger partial charge in [-0.05, 0) is 59.6 Å². The van der Waals surface area contributed by atoms with Gasteiger partial charge in [-0.1, -0.05) is 43.6 Å². The molecule has 0 heterocycles. The van der Waals surface area contributed by atoms with Gasteiger partial charge in [0.05, 0.1) is 4.90 Å². The molecular formula is C19H23ClN2O2S. The summed E-state index contributed by atoms with van der Waals surface area (Å²) in [6, 6.07) is 12.8. The van der Waals surface area contributed by atoms with E-state index in [2.05, 4.69) is 26.1 Å². The largest absolute Gasteiger partial charge is 0.384 e. The summed E-state index contributed by atoms with van der Waals surface area (Å²) < 4.78 is 22.8. The van der Waals surface area contributed by atoms with E-state index in [1.807, 2.05) is 30.3 Å². The standard InChI is InChI=1S/C19H23ClN2O2S/c1-12-4-7-14(20)10-17(12)22-11-16-18(19(16,2)3)13-5-8-15(9-6-13)25(21,23)24/h4-10,16,18,22H,11H2,1-3H3,(H2,21,23,24)/t16-,18-/m1/s1. The van der Waals surface area contributed by atoms with Crippen molar-refractivity contribution in [3.05, 3.63) is 58.6 Å². The highest BCUT2D eigenvalue weighted by atomic mass is 35.5. The molecule has 3 rings (SSSR count). The van der Waals surface area contributed by atoms with E-state index in [0.717, 1.165) is 28.4 Å². The number of rotatable bonds is 5. The smallest absolute Gasteiger partial charge is 0.238 e. The number of hydrogen-bond donors (Lipinski definition) is 2. The Morgan fingerprint density at radius 2 is 1.80 bits per heavy atom. The highest BCUT2D eigenvalue weighted by Crippen LogP contribution is 2.64. The van der Waals surface area contributed by atoms with E-state index in [9.17, 15) is 8.42 Å². The van der Waals surface area contributed by atoms with Crippen LogP contribution in [0.4, 0.5) is 5.69 Å². The van der Waals surface area contributed by atoms with Crippen LogP contribution in [0.2, 0.25) is 5.02 Å². The molecule has 0 radical (unpaired) electrons. The van der Waals surface area contributed by atoms with Crippen molar-refractivity contribution in [3.8, 4) is 0 Å². The molecule has 1 fully saturated rings. The van der Waals surface area contributed by atoms with E-state index in [-0.39, 0.29) is 10.3 Å². The van der Waals surface area contributed by atoms with Crippen LogP contribution in [0.15, 0.2) is 47.4 Å². The first kappa shape index (κ1) is 18.2. The average Bonchev–Trinajstić information content (AvgIpc) is 3.08. The lowest BCUT2D eigenvalue weighted by Crippen LogP contribution is -2.11. The third-order valence-electron chi connectivity index (χ3n) is 5.33.